The van der Waals surface area contributed by atoms with Crippen molar-refractivity contribution >= 4 is 23.6 Å². The van der Waals surface area contributed by atoms with Crippen LogP contribution in [0.1, 0.15) is 84.1 Å². The molecule has 9 heteroatoms. The van der Waals surface area contributed by atoms with E-state index in [0.717, 1.165) is 43.6 Å². The molecule has 9 nitrogen and oxygen atoms in total. The van der Waals surface area contributed by atoms with Crippen LogP contribution in [0.2, 0.25) is 0 Å². The van der Waals surface area contributed by atoms with Gasteiger partial charge in [0.15, 0.2) is 0 Å². The van der Waals surface area contributed by atoms with Gasteiger partial charge in [-0.1, -0.05) is 19.3 Å². The first-order chi connectivity index (χ1) is 19.5. The molecule has 2 aromatic carbocycles. The maximum atomic E-state index is 12.8. The molecule has 2 aliphatic heterocycles. The Bertz CT molecular complexity index is 1240. The van der Waals surface area contributed by atoms with Crippen molar-refractivity contribution in [1.82, 2.24) is 15.5 Å². The molecule has 0 spiro atoms. The Hall–Kier alpha value is -3.88. The summed E-state index contributed by atoms with van der Waals surface area (Å²) in [6.45, 7) is 2.28. The molecule has 5 rings (SSSR count). The Balaban J connectivity index is 0.950. The largest absolute Gasteiger partial charge is 0.494 e. The van der Waals surface area contributed by atoms with Crippen LogP contribution in [-0.4, -0.2) is 54.3 Å². The topological polar surface area (TPSA) is 114 Å². The number of nitrogens with one attached hydrogen (secondary N) is 2. The normalized spacial score (nSPS) is 18.6. The number of nitrogens with zero attached hydrogens (tertiary/aromatic N) is 1. The highest BCUT2D eigenvalue weighted by atomic mass is 16.5. The van der Waals surface area contributed by atoms with E-state index < -0.39 is 11.9 Å². The highest BCUT2D eigenvalue weighted by molar-refractivity contribution is 6.05. The third-order valence-corrected chi connectivity index (χ3v) is 7.95. The zero-order valence-electron chi connectivity index (χ0n) is 22.8. The van der Waals surface area contributed by atoms with E-state index in [9.17, 15) is 19.2 Å². The van der Waals surface area contributed by atoms with Gasteiger partial charge in [-0.2, -0.15) is 0 Å². The highest BCUT2D eigenvalue weighted by Gasteiger charge is 2.39. The van der Waals surface area contributed by atoms with E-state index in [-0.39, 0.29) is 24.1 Å². The van der Waals surface area contributed by atoms with E-state index in [0.29, 0.717) is 48.9 Å². The summed E-state index contributed by atoms with van der Waals surface area (Å²) >= 11 is 0. The first-order valence-corrected chi connectivity index (χ1v) is 14.4. The molecular weight excluding hydrogens is 510 g/mol. The second kappa shape index (κ2) is 13.0. The lowest BCUT2D eigenvalue weighted by Crippen LogP contribution is -2.52. The van der Waals surface area contributed by atoms with E-state index in [2.05, 4.69) is 10.6 Å². The van der Waals surface area contributed by atoms with Crippen LogP contribution in [0, 0.1) is 5.92 Å². The Labute approximate surface area is 234 Å². The Morgan fingerprint density at radius 1 is 0.925 bits per heavy atom. The minimum absolute atomic E-state index is 0.0693. The average Bonchev–Trinajstić information content (AvgIpc) is 3.24. The van der Waals surface area contributed by atoms with Gasteiger partial charge in [-0.05, 0) is 86.1 Å². The highest BCUT2D eigenvalue weighted by Crippen LogP contribution is 2.30. The summed E-state index contributed by atoms with van der Waals surface area (Å²) in [6, 6.07) is 12.1. The third-order valence-electron chi connectivity index (χ3n) is 7.95. The molecule has 0 aromatic heterocycles. The van der Waals surface area contributed by atoms with Crippen LogP contribution in [0.5, 0.6) is 11.5 Å². The summed E-state index contributed by atoms with van der Waals surface area (Å²) in [5.41, 5.74) is 2.05. The van der Waals surface area contributed by atoms with E-state index in [1.165, 1.54) is 24.2 Å². The Kier molecular flexibility index (Phi) is 8.98. The van der Waals surface area contributed by atoms with Crippen molar-refractivity contribution in [2.45, 2.75) is 70.4 Å². The van der Waals surface area contributed by atoms with Crippen LogP contribution in [0.25, 0.3) is 0 Å². The Morgan fingerprint density at radius 2 is 1.70 bits per heavy atom. The number of fused-ring (bicyclic) bond motifs is 1. The van der Waals surface area contributed by atoms with Crippen molar-refractivity contribution in [3.63, 3.8) is 0 Å². The summed E-state index contributed by atoms with van der Waals surface area (Å²) in [4.78, 5) is 50.4. The molecule has 4 amide bonds. The molecule has 2 fully saturated rings. The molecule has 2 heterocycles. The van der Waals surface area contributed by atoms with Gasteiger partial charge in [0.25, 0.3) is 11.8 Å². The summed E-state index contributed by atoms with van der Waals surface area (Å²) in [5.74, 6) is 1.23. The summed E-state index contributed by atoms with van der Waals surface area (Å²) in [7, 11) is 0. The van der Waals surface area contributed by atoms with Crippen LogP contribution in [0.15, 0.2) is 42.5 Å². The van der Waals surface area contributed by atoms with Crippen LogP contribution in [-0.2, 0) is 16.1 Å². The number of hydrogen-bond donors (Lipinski definition) is 2. The van der Waals surface area contributed by atoms with Gasteiger partial charge in [0, 0.05) is 30.6 Å². The fourth-order valence-corrected chi connectivity index (χ4v) is 5.29. The second-order valence-electron chi connectivity index (χ2n) is 10.9. The van der Waals surface area contributed by atoms with Gasteiger partial charge in [-0.25, -0.2) is 0 Å². The van der Waals surface area contributed by atoms with Gasteiger partial charge in [0.1, 0.15) is 17.5 Å². The quantitative estimate of drug-likeness (QED) is 0.290. The molecule has 3 aliphatic rings. The van der Waals surface area contributed by atoms with E-state index in [1.54, 1.807) is 12.1 Å². The number of rotatable bonds is 13. The number of hydrogen-bond acceptors (Lipinski definition) is 6. The first kappa shape index (κ1) is 27.7. The molecule has 40 heavy (non-hydrogen) atoms. The number of benzene rings is 2. The van der Waals surface area contributed by atoms with E-state index in [1.807, 2.05) is 30.3 Å². The van der Waals surface area contributed by atoms with Crippen molar-refractivity contribution in [2.24, 2.45) is 5.92 Å². The summed E-state index contributed by atoms with van der Waals surface area (Å²) in [6.07, 6.45) is 8.13. The number of carbonyl (C=O) groups is 4. The fraction of sp³-hybridized carbons (Fsp3) is 0.484. The molecule has 1 aliphatic carbocycles. The minimum atomic E-state index is -0.617. The first-order valence-electron chi connectivity index (χ1n) is 14.4. The number of imide groups is 1. The van der Waals surface area contributed by atoms with Crippen molar-refractivity contribution < 1.29 is 28.7 Å². The molecule has 0 bridgehead atoms. The molecule has 1 unspecified atom stereocenters. The molecule has 0 radical (unpaired) electrons. The van der Waals surface area contributed by atoms with Gasteiger partial charge < -0.3 is 19.7 Å². The van der Waals surface area contributed by atoms with Gasteiger partial charge in [0.2, 0.25) is 11.8 Å². The number of amides is 4. The maximum Gasteiger partial charge on any atom is 0.255 e. The molecule has 1 saturated heterocycles. The average molecular weight is 548 g/mol. The fourth-order valence-electron chi connectivity index (χ4n) is 5.29. The van der Waals surface area contributed by atoms with Crippen LogP contribution in [0.4, 0.5) is 0 Å². The summed E-state index contributed by atoms with van der Waals surface area (Å²) < 4.78 is 11.7. The molecule has 2 N–H and O–H groups in total. The van der Waals surface area contributed by atoms with Crippen molar-refractivity contribution in [2.75, 3.05) is 19.8 Å². The van der Waals surface area contributed by atoms with Crippen molar-refractivity contribution in [3.8, 4) is 11.5 Å². The lowest BCUT2D eigenvalue weighted by atomic mass is 9.86. The second-order valence-corrected chi connectivity index (χ2v) is 10.9. The monoisotopic (exact) mass is 547 g/mol. The van der Waals surface area contributed by atoms with Crippen molar-refractivity contribution in [3.05, 3.63) is 59.2 Å². The minimum Gasteiger partial charge on any atom is -0.494 e. The van der Waals surface area contributed by atoms with Crippen LogP contribution in [0.3, 0.4) is 0 Å². The van der Waals surface area contributed by atoms with Crippen LogP contribution >= 0.6 is 0 Å². The van der Waals surface area contributed by atoms with Crippen LogP contribution < -0.4 is 20.1 Å². The lowest BCUT2D eigenvalue weighted by Gasteiger charge is -2.29. The molecular formula is C31H37N3O6. The van der Waals surface area contributed by atoms with Gasteiger partial charge in [-0.15, -0.1) is 0 Å². The standard InChI is InChI=1S/C31H37N3O6/c35-28-15-14-27(30(37)33-28)34-19-23-18-25(12-13-26(23)31(34)38)39-17-4-2-1-3-16-32-29(36)22-8-10-24(11-9-22)40-20-21-6-5-7-21/h8-13,18,21,27H,1-7,14-17,19-20H2,(H,32,36)(H,33,35,37). The number of ether oxygens (including phenoxy) is 2. The molecule has 1 saturated carbocycles. The zero-order chi connectivity index (χ0) is 27.9. The molecule has 2 aromatic rings. The van der Waals surface area contributed by atoms with Crippen molar-refractivity contribution in [1.29, 1.82) is 0 Å². The molecule has 1 atom stereocenters. The SMILES string of the molecule is O=C1CCC(N2Cc3cc(OCCCCCCNC(=O)c4ccc(OCC5CCC5)cc4)ccc3C2=O)C(=O)N1. The maximum absolute atomic E-state index is 12.8. The third kappa shape index (κ3) is 6.81. The predicted octanol–water partition coefficient (Wildman–Crippen LogP) is 4.00. The smallest absolute Gasteiger partial charge is 0.255 e. The number of carbonyl (C=O) groups excluding carboxylic acids is 4. The summed E-state index contributed by atoms with van der Waals surface area (Å²) in [5, 5.41) is 5.30. The zero-order valence-corrected chi connectivity index (χ0v) is 22.8. The van der Waals surface area contributed by atoms with Gasteiger partial charge >= 0.3 is 0 Å². The lowest BCUT2D eigenvalue weighted by molar-refractivity contribution is -0.136. The Morgan fingerprint density at radius 3 is 2.45 bits per heavy atom. The van der Waals surface area contributed by atoms with E-state index in [4.69, 9.17) is 9.47 Å². The van der Waals surface area contributed by atoms with Gasteiger partial charge in [0.05, 0.1) is 13.2 Å². The van der Waals surface area contributed by atoms with Gasteiger partial charge in [-0.3, -0.25) is 24.5 Å². The molecule has 212 valence electrons. The van der Waals surface area contributed by atoms with E-state index >= 15 is 0 Å². The predicted molar refractivity (Wildman–Crippen MR) is 148 cm³/mol. The number of piperidine rings is 1. The number of unbranched alkanes of at least 4 members (excludes halogenated alkanes) is 3.